The van der Waals surface area contributed by atoms with Gasteiger partial charge in [-0.1, -0.05) is 6.07 Å². The van der Waals surface area contributed by atoms with Crippen LogP contribution in [0.25, 0.3) is 0 Å². The van der Waals surface area contributed by atoms with Crippen LogP contribution in [-0.2, 0) is 52.5 Å². The van der Waals surface area contributed by atoms with E-state index in [0.717, 1.165) is 80.6 Å². The molecule has 2 aliphatic carbocycles. The van der Waals surface area contributed by atoms with Crippen LogP contribution in [-0.4, -0.2) is 46.1 Å². The Labute approximate surface area is 204 Å². The molecule has 1 fully saturated rings. The van der Waals surface area contributed by atoms with Gasteiger partial charge in [-0.25, -0.2) is 17.9 Å². The number of carbonyl (C=O) groups is 1. The predicted molar refractivity (Wildman–Crippen MR) is 132 cm³/mol. The Bertz CT molecular complexity index is 1230. The lowest BCUT2D eigenvalue weighted by Gasteiger charge is -2.42. The van der Waals surface area contributed by atoms with Gasteiger partial charge >= 0.3 is 6.03 Å². The van der Waals surface area contributed by atoms with E-state index in [9.17, 15) is 13.2 Å². The van der Waals surface area contributed by atoms with Crippen molar-refractivity contribution >= 4 is 33.1 Å². The Morgan fingerprint density at radius 2 is 1.68 bits per heavy atom. The summed E-state index contributed by atoms with van der Waals surface area (Å²) in [5, 5.41) is 2.94. The number of hydrogen-bond donors (Lipinski definition) is 2. The molecular weight excluding hydrogens is 470 g/mol. The topological polar surface area (TPSA) is 87.7 Å². The Morgan fingerprint density at radius 1 is 1.00 bits per heavy atom. The Kier molecular flexibility index (Phi) is 5.51. The third-order valence-corrected chi connectivity index (χ3v) is 11.1. The Balaban J connectivity index is 1.25. The van der Waals surface area contributed by atoms with E-state index in [4.69, 9.17) is 4.74 Å². The summed E-state index contributed by atoms with van der Waals surface area (Å²) >= 11 is 1.26. The number of amides is 2. The molecule has 1 saturated heterocycles. The maximum Gasteiger partial charge on any atom is 0.333 e. The summed E-state index contributed by atoms with van der Waals surface area (Å²) in [6.45, 7) is 2.45. The molecule has 0 bridgehead atoms. The van der Waals surface area contributed by atoms with E-state index >= 15 is 0 Å². The lowest BCUT2D eigenvalue weighted by Crippen LogP contribution is -2.44. The van der Waals surface area contributed by atoms with Crippen molar-refractivity contribution < 1.29 is 17.9 Å². The number of thiophene rings is 1. The number of fused-ring (bicyclic) bond motifs is 4. The van der Waals surface area contributed by atoms with Gasteiger partial charge in [-0.15, -0.1) is 11.3 Å². The fraction of sp³-hybridized carbons (Fsp3) is 0.560. The largest absolute Gasteiger partial charge is 0.369 e. The fourth-order valence-electron chi connectivity index (χ4n) is 6.16. The molecule has 2 N–H and O–H groups in total. The summed E-state index contributed by atoms with van der Waals surface area (Å²) in [4.78, 5) is 16.2. The van der Waals surface area contributed by atoms with Crippen molar-refractivity contribution in [3.63, 3.8) is 0 Å². The number of urea groups is 1. The van der Waals surface area contributed by atoms with Crippen LogP contribution in [0.15, 0.2) is 16.3 Å². The minimum Gasteiger partial charge on any atom is -0.369 e. The van der Waals surface area contributed by atoms with Crippen LogP contribution in [0, 0.1) is 0 Å². The van der Waals surface area contributed by atoms with Crippen molar-refractivity contribution in [2.45, 2.75) is 67.6 Å². The molecule has 1 aromatic carbocycles. The Hall–Kier alpha value is -1.94. The molecule has 1 spiro atoms. The van der Waals surface area contributed by atoms with Crippen molar-refractivity contribution in [1.29, 1.82) is 0 Å². The smallest absolute Gasteiger partial charge is 0.333 e. The summed E-state index contributed by atoms with van der Waals surface area (Å²) in [7, 11) is -1.88. The highest BCUT2D eigenvalue weighted by Crippen LogP contribution is 2.46. The van der Waals surface area contributed by atoms with Crippen LogP contribution in [0.5, 0.6) is 0 Å². The number of benzene rings is 1. The first-order valence-electron chi connectivity index (χ1n) is 12.3. The van der Waals surface area contributed by atoms with E-state index in [1.54, 1.807) is 6.07 Å². The highest BCUT2D eigenvalue weighted by Gasteiger charge is 2.43. The number of anilines is 1. The summed E-state index contributed by atoms with van der Waals surface area (Å²) in [6.07, 6.45) is 8.48. The van der Waals surface area contributed by atoms with Crippen molar-refractivity contribution in [2.24, 2.45) is 0 Å². The highest BCUT2D eigenvalue weighted by molar-refractivity contribution is 7.92. The number of piperidine rings is 1. The van der Waals surface area contributed by atoms with E-state index in [1.807, 2.05) is 0 Å². The summed E-state index contributed by atoms with van der Waals surface area (Å²) in [5.74, 6) is 0. The lowest BCUT2D eigenvalue weighted by atomic mass is 9.85. The molecular formula is C25H31N3O4S2. The number of hydrogen-bond acceptors (Lipinski definition) is 6. The number of rotatable bonds is 3. The third kappa shape index (κ3) is 3.77. The Morgan fingerprint density at radius 3 is 2.35 bits per heavy atom. The first-order chi connectivity index (χ1) is 16.3. The maximum absolute atomic E-state index is 13.2. The second-order valence-corrected chi connectivity index (χ2v) is 13.1. The van der Waals surface area contributed by atoms with Gasteiger partial charge in [-0.3, -0.25) is 0 Å². The zero-order valence-corrected chi connectivity index (χ0v) is 21.2. The van der Waals surface area contributed by atoms with E-state index in [-0.39, 0.29) is 4.21 Å². The van der Waals surface area contributed by atoms with Crippen LogP contribution in [0.4, 0.5) is 10.5 Å². The number of nitrogens with one attached hydrogen (secondary N) is 2. The SMILES string of the molecule is CN1CCC2(CC1)OCCc1cc(S(=O)(=O)NC(=O)Nc3c4c(cc5c3CCC5)CCC4)sc12. The molecule has 0 radical (unpaired) electrons. The first-order valence-corrected chi connectivity index (χ1v) is 14.6. The lowest BCUT2D eigenvalue weighted by molar-refractivity contribution is -0.0921. The van der Waals surface area contributed by atoms with Gasteiger partial charge in [-0.2, -0.15) is 0 Å². The molecule has 4 aliphatic rings. The molecule has 0 saturated carbocycles. The van der Waals surface area contributed by atoms with Gasteiger partial charge in [0.2, 0.25) is 0 Å². The standard InChI is InChI=1S/C25H31N3O4S2/c1-28-11-9-25(10-12-28)23-18(8-13-32-25)15-21(33-23)34(30,31)27-24(29)26-22-19-6-2-4-16(19)14-17-5-3-7-20(17)22/h14-15H,2-13H2,1H3,(H2,26,27,29). The zero-order chi connectivity index (χ0) is 23.5. The minimum absolute atomic E-state index is 0.194. The molecule has 3 heterocycles. The number of nitrogens with zero attached hydrogens (tertiary/aromatic N) is 1. The molecule has 6 rings (SSSR count). The molecule has 0 atom stereocenters. The van der Waals surface area contributed by atoms with Crippen molar-refractivity contribution in [3.05, 3.63) is 44.8 Å². The molecule has 1 aromatic heterocycles. The van der Waals surface area contributed by atoms with Gasteiger partial charge in [0, 0.05) is 23.7 Å². The van der Waals surface area contributed by atoms with E-state index in [0.29, 0.717) is 13.0 Å². The van der Waals surface area contributed by atoms with Crippen molar-refractivity contribution in [1.82, 2.24) is 9.62 Å². The summed E-state index contributed by atoms with van der Waals surface area (Å²) in [5.41, 5.74) is 6.45. The molecule has 2 aromatic rings. The van der Waals surface area contributed by atoms with Crippen molar-refractivity contribution in [2.75, 3.05) is 32.1 Å². The third-order valence-electron chi connectivity index (χ3n) is 7.95. The fourth-order valence-corrected chi connectivity index (χ4v) is 8.81. The van der Waals surface area contributed by atoms with Crippen LogP contribution < -0.4 is 10.0 Å². The predicted octanol–water partition coefficient (Wildman–Crippen LogP) is 3.73. The van der Waals surface area contributed by atoms with E-state index in [2.05, 4.69) is 28.1 Å². The van der Waals surface area contributed by atoms with Crippen LogP contribution in [0.3, 0.4) is 0 Å². The molecule has 7 nitrogen and oxygen atoms in total. The average molecular weight is 502 g/mol. The van der Waals surface area contributed by atoms with Gasteiger partial charge in [0.1, 0.15) is 9.81 Å². The first kappa shape index (κ1) is 22.5. The van der Waals surface area contributed by atoms with E-state index in [1.165, 1.54) is 33.6 Å². The normalized spacial score (nSPS) is 21.2. The molecule has 9 heteroatoms. The monoisotopic (exact) mass is 501 g/mol. The number of ether oxygens (including phenoxy) is 1. The molecule has 182 valence electrons. The quantitative estimate of drug-likeness (QED) is 0.669. The molecule has 2 aliphatic heterocycles. The molecule has 2 amide bonds. The molecule has 34 heavy (non-hydrogen) atoms. The van der Waals surface area contributed by atoms with Crippen molar-refractivity contribution in [3.8, 4) is 0 Å². The van der Waals surface area contributed by atoms with Gasteiger partial charge in [0.15, 0.2) is 0 Å². The molecule has 0 unspecified atom stereocenters. The minimum atomic E-state index is -3.98. The average Bonchev–Trinajstić information content (AvgIpc) is 3.54. The number of sulfonamides is 1. The van der Waals surface area contributed by atoms with E-state index < -0.39 is 21.7 Å². The number of carbonyl (C=O) groups excluding carboxylic acids is 1. The van der Waals surface area contributed by atoms with Crippen LogP contribution in [0.2, 0.25) is 0 Å². The van der Waals surface area contributed by atoms with Crippen LogP contribution in [0.1, 0.15) is 58.4 Å². The van der Waals surface area contributed by atoms with Gasteiger partial charge in [0.05, 0.1) is 6.61 Å². The maximum atomic E-state index is 13.2. The number of likely N-dealkylation sites (tertiary alicyclic amines) is 1. The second-order valence-electron chi connectivity index (χ2n) is 10.1. The second kappa shape index (κ2) is 8.33. The summed E-state index contributed by atoms with van der Waals surface area (Å²) in [6, 6.07) is 3.36. The number of aryl methyl sites for hydroxylation is 2. The van der Waals surface area contributed by atoms with Gasteiger partial charge < -0.3 is 15.0 Å². The van der Waals surface area contributed by atoms with Gasteiger partial charge in [-0.05, 0) is 98.7 Å². The van der Waals surface area contributed by atoms with Crippen LogP contribution >= 0.6 is 11.3 Å². The highest BCUT2D eigenvalue weighted by atomic mass is 32.2. The zero-order valence-electron chi connectivity index (χ0n) is 19.5. The van der Waals surface area contributed by atoms with Gasteiger partial charge in [0.25, 0.3) is 10.0 Å². The summed E-state index contributed by atoms with van der Waals surface area (Å²) < 4.78 is 35.2.